The molecule has 0 saturated carbocycles. The van der Waals surface area contributed by atoms with Crippen LogP contribution in [0.1, 0.15) is 23.6 Å². The summed E-state index contributed by atoms with van der Waals surface area (Å²) in [5.74, 6) is -0.0401. The third-order valence-corrected chi connectivity index (χ3v) is 4.02. The lowest BCUT2D eigenvalue weighted by molar-refractivity contribution is -0.115. The minimum atomic E-state index is -0.0401. The van der Waals surface area contributed by atoms with E-state index >= 15 is 0 Å². The second-order valence-corrected chi connectivity index (χ2v) is 5.66. The van der Waals surface area contributed by atoms with Crippen LogP contribution in [0.15, 0.2) is 48.5 Å². The minimum Gasteiger partial charge on any atom is -0.325 e. The summed E-state index contributed by atoms with van der Waals surface area (Å²) in [6, 6.07) is 15.8. The Balaban J connectivity index is 1.54. The number of amides is 1. The largest absolute Gasteiger partial charge is 0.325 e. The van der Waals surface area contributed by atoms with Crippen molar-refractivity contribution in [2.45, 2.75) is 18.9 Å². The van der Waals surface area contributed by atoms with Gasteiger partial charge >= 0.3 is 0 Å². The van der Waals surface area contributed by atoms with Gasteiger partial charge in [-0.05, 0) is 48.2 Å². The molecule has 2 N–H and O–H groups in total. The molecule has 2 aromatic carbocycles. The van der Waals surface area contributed by atoms with E-state index in [-0.39, 0.29) is 11.9 Å². The molecule has 0 aromatic heterocycles. The summed E-state index contributed by atoms with van der Waals surface area (Å²) in [7, 11) is 0. The van der Waals surface area contributed by atoms with Crippen LogP contribution in [0.5, 0.6) is 0 Å². The van der Waals surface area contributed by atoms with Crippen molar-refractivity contribution in [3.05, 3.63) is 64.7 Å². The van der Waals surface area contributed by atoms with E-state index in [4.69, 9.17) is 11.6 Å². The normalized spacial score (nSPS) is 16.5. The Morgan fingerprint density at radius 1 is 1.14 bits per heavy atom. The van der Waals surface area contributed by atoms with Crippen LogP contribution in [-0.2, 0) is 11.2 Å². The Hall–Kier alpha value is -1.84. The highest BCUT2D eigenvalue weighted by Gasteiger charge is 2.21. The molecular weight excluding hydrogens is 284 g/mol. The van der Waals surface area contributed by atoms with E-state index < -0.39 is 0 Å². The van der Waals surface area contributed by atoms with Crippen LogP contribution in [0, 0.1) is 0 Å². The summed E-state index contributed by atoms with van der Waals surface area (Å²) in [6.07, 6.45) is 2.13. The lowest BCUT2D eigenvalue weighted by Gasteiger charge is -2.14. The first kappa shape index (κ1) is 14.1. The number of hydrogen-bond acceptors (Lipinski definition) is 2. The number of benzene rings is 2. The summed E-state index contributed by atoms with van der Waals surface area (Å²) >= 11 is 5.82. The van der Waals surface area contributed by atoms with Gasteiger partial charge in [-0.25, -0.2) is 0 Å². The third kappa shape index (κ3) is 3.43. The standard InChI is InChI=1S/C17H17ClN2O/c18-13-6-8-14(9-7-13)20-17(21)11-19-16-10-5-12-3-1-2-4-15(12)16/h1-4,6-9,16,19H,5,10-11H2,(H,20,21). The highest BCUT2D eigenvalue weighted by molar-refractivity contribution is 6.30. The van der Waals surface area contributed by atoms with Crippen LogP contribution in [-0.4, -0.2) is 12.5 Å². The summed E-state index contributed by atoms with van der Waals surface area (Å²) in [5.41, 5.74) is 3.46. The number of fused-ring (bicyclic) bond motifs is 1. The monoisotopic (exact) mass is 300 g/mol. The molecular formula is C17H17ClN2O. The van der Waals surface area contributed by atoms with Gasteiger partial charge in [0.05, 0.1) is 6.54 Å². The van der Waals surface area contributed by atoms with Crippen LogP contribution < -0.4 is 10.6 Å². The molecule has 1 aliphatic carbocycles. The Morgan fingerprint density at radius 2 is 1.90 bits per heavy atom. The lowest BCUT2D eigenvalue weighted by atomic mass is 10.1. The van der Waals surface area contributed by atoms with Gasteiger partial charge in [0.2, 0.25) is 5.91 Å². The number of hydrogen-bond donors (Lipinski definition) is 2. The zero-order valence-electron chi connectivity index (χ0n) is 11.6. The number of nitrogens with one attached hydrogen (secondary N) is 2. The van der Waals surface area contributed by atoms with Crippen molar-refractivity contribution in [1.29, 1.82) is 0 Å². The minimum absolute atomic E-state index is 0.0401. The molecule has 1 atom stereocenters. The quantitative estimate of drug-likeness (QED) is 0.906. The van der Waals surface area contributed by atoms with Crippen molar-refractivity contribution < 1.29 is 4.79 Å². The second kappa shape index (κ2) is 6.29. The highest BCUT2D eigenvalue weighted by Crippen LogP contribution is 2.30. The summed E-state index contributed by atoms with van der Waals surface area (Å²) in [6.45, 7) is 0.307. The van der Waals surface area contributed by atoms with Crippen molar-refractivity contribution in [1.82, 2.24) is 5.32 Å². The lowest BCUT2D eigenvalue weighted by Crippen LogP contribution is -2.30. The Bertz CT molecular complexity index is 639. The van der Waals surface area contributed by atoms with Gasteiger partial charge in [0.1, 0.15) is 0 Å². The van der Waals surface area contributed by atoms with Gasteiger partial charge < -0.3 is 10.6 Å². The van der Waals surface area contributed by atoms with Gasteiger partial charge in [0.25, 0.3) is 0 Å². The van der Waals surface area contributed by atoms with E-state index in [2.05, 4.69) is 28.8 Å². The zero-order valence-corrected chi connectivity index (χ0v) is 12.4. The molecule has 0 bridgehead atoms. The van der Waals surface area contributed by atoms with Crippen LogP contribution in [0.4, 0.5) is 5.69 Å². The second-order valence-electron chi connectivity index (χ2n) is 5.23. The highest BCUT2D eigenvalue weighted by atomic mass is 35.5. The summed E-state index contributed by atoms with van der Waals surface area (Å²) < 4.78 is 0. The van der Waals surface area contributed by atoms with E-state index in [9.17, 15) is 4.79 Å². The van der Waals surface area contributed by atoms with Gasteiger partial charge in [0, 0.05) is 16.8 Å². The van der Waals surface area contributed by atoms with E-state index in [1.165, 1.54) is 11.1 Å². The maximum Gasteiger partial charge on any atom is 0.238 e. The number of halogens is 1. The van der Waals surface area contributed by atoms with Gasteiger partial charge in [-0.2, -0.15) is 0 Å². The third-order valence-electron chi connectivity index (χ3n) is 3.77. The molecule has 0 radical (unpaired) electrons. The fourth-order valence-electron chi connectivity index (χ4n) is 2.72. The van der Waals surface area contributed by atoms with Crippen molar-refractivity contribution >= 4 is 23.2 Å². The van der Waals surface area contributed by atoms with Crippen LogP contribution in [0.2, 0.25) is 5.02 Å². The molecule has 0 aliphatic heterocycles. The molecule has 3 nitrogen and oxygen atoms in total. The molecule has 1 amide bonds. The number of carbonyl (C=O) groups excluding carboxylic acids is 1. The predicted molar refractivity (Wildman–Crippen MR) is 85.6 cm³/mol. The number of aryl methyl sites for hydroxylation is 1. The summed E-state index contributed by atoms with van der Waals surface area (Å²) in [5, 5.41) is 6.85. The number of anilines is 1. The predicted octanol–water partition coefficient (Wildman–Crippen LogP) is 3.56. The van der Waals surface area contributed by atoms with E-state index in [1.54, 1.807) is 24.3 Å². The molecule has 2 aromatic rings. The summed E-state index contributed by atoms with van der Waals surface area (Å²) in [4.78, 5) is 12.0. The van der Waals surface area contributed by atoms with Gasteiger partial charge in [0.15, 0.2) is 0 Å². The number of carbonyl (C=O) groups is 1. The van der Waals surface area contributed by atoms with Crippen LogP contribution in [0.3, 0.4) is 0 Å². The van der Waals surface area contributed by atoms with Crippen molar-refractivity contribution in [3.63, 3.8) is 0 Å². The Labute approximate surface area is 129 Å². The van der Waals surface area contributed by atoms with E-state index in [0.717, 1.165) is 18.5 Å². The average Bonchev–Trinajstić information content (AvgIpc) is 2.91. The first-order valence-corrected chi connectivity index (χ1v) is 7.47. The van der Waals surface area contributed by atoms with Crippen LogP contribution >= 0.6 is 11.6 Å². The van der Waals surface area contributed by atoms with Gasteiger partial charge in [-0.1, -0.05) is 35.9 Å². The first-order chi connectivity index (χ1) is 10.2. The molecule has 0 fully saturated rings. The maximum absolute atomic E-state index is 12.0. The maximum atomic E-state index is 12.0. The van der Waals surface area contributed by atoms with Gasteiger partial charge in [-0.15, -0.1) is 0 Å². The first-order valence-electron chi connectivity index (χ1n) is 7.09. The molecule has 1 aliphatic rings. The molecule has 0 saturated heterocycles. The van der Waals surface area contributed by atoms with E-state index in [0.29, 0.717) is 11.6 Å². The fourth-order valence-corrected chi connectivity index (χ4v) is 2.85. The molecule has 108 valence electrons. The Kier molecular flexibility index (Phi) is 4.23. The molecule has 21 heavy (non-hydrogen) atoms. The Morgan fingerprint density at radius 3 is 2.71 bits per heavy atom. The molecule has 0 heterocycles. The molecule has 4 heteroatoms. The SMILES string of the molecule is O=C(CNC1CCc2ccccc21)Nc1ccc(Cl)cc1. The van der Waals surface area contributed by atoms with E-state index in [1.807, 2.05) is 6.07 Å². The molecule has 1 unspecified atom stereocenters. The number of rotatable bonds is 4. The molecule has 0 spiro atoms. The molecule has 3 rings (SSSR count). The van der Waals surface area contributed by atoms with Crippen molar-refractivity contribution in [2.75, 3.05) is 11.9 Å². The zero-order chi connectivity index (χ0) is 14.7. The topological polar surface area (TPSA) is 41.1 Å². The van der Waals surface area contributed by atoms with Gasteiger partial charge in [-0.3, -0.25) is 4.79 Å². The smallest absolute Gasteiger partial charge is 0.238 e. The van der Waals surface area contributed by atoms with Crippen LogP contribution in [0.25, 0.3) is 0 Å². The fraction of sp³-hybridized carbons (Fsp3) is 0.235. The average molecular weight is 301 g/mol. The van der Waals surface area contributed by atoms with Crippen molar-refractivity contribution in [3.8, 4) is 0 Å². The van der Waals surface area contributed by atoms with Crippen molar-refractivity contribution in [2.24, 2.45) is 0 Å².